The molecule has 6 heteroatoms. The van der Waals surface area contributed by atoms with E-state index in [1.807, 2.05) is 53.4 Å². The lowest BCUT2D eigenvalue weighted by molar-refractivity contribution is -0.117. The molecule has 1 fully saturated rings. The normalized spacial score (nSPS) is 16.0. The van der Waals surface area contributed by atoms with Gasteiger partial charge in [-0.3, -0.25) is 4.79 Å². The zero-order valence-electron chi connectivity index (χ0n) is 18.8. The summed E-state index contributed by atoms with van der Waals surface area (Å²) in [5, 5.41) is 0. The predicted octanol–water partition coefficient (Wildman–Crippen LogP) is 6.02. The SMILES string of the molecule is Cc1ccc(OCCn2c(C3CC(=O)N(c4ccc(Br)cc4)C3)nc3ccccc32)c(C)c1. The summed E-state index contributed by atoms with van der Waals surface area (Å²) in [5.74, 6) is 2.03. The maximum atomic E-state index is 12.9. The number of halogens is 1. The number of nitrogens with zero attached hydrogens (tertiary/aromatic N) is 3. The van der Waals surface area contributed by atoms with Gasteiger partial charge < -0.3 is 14.2 Å². The van der Waals surface area contributed by atoms with E-state index in [0.717, 1.165) is 38.3 Å². The van der Waals surface area contributed by atoms with Crippen LogP contribution in [0.4, 0.5) is 5.69 Å². The number of imidazole rings is 1. The molecule has 0 N–H and O–H groups in total. The maximum absolute atomic E-state index is 12.9. The van der Waals surface area contributed by atoms with Gasteiger partial charge >= 0.3 is 0 Å². The van der Waals surface area contributed by atoms with E-state index in [2.05, 4.69) is 52.5 Å². The summed E-state index contributed by atoms with van der Waals surface area (Å²) >= 11 is 3.47. The van der Waals surface area contributed by atoms with E-state index in [9.17, 15) is 4.79 Å². The van der Waals surface area contributed by atoms with Crippen LogP contribution in [0.5, 0.6) is 5.75 Å². The molecule has 2 heterocycles. The van der Waals surface area contributed by atoms with Crippen LogP contribution in [-0.4, -0.2) is 28.6 Å². The van der Waals surface area contributed by atoms with Crippen LogP contribution < -0.4 is 9.64 Å². The van der Waals surface area contributed by atoms with Gasteiger partial charge in [0, 0.05) is 29.0 Å². The van der Waals surface area contributed by atoms with Crippen LogP contribution >= 0.6 is 15.9 Å². The first kappa shape index (κ1) is 21.7. The number of para-hydroxylation sites is 2. The van der Waals surface area contributed by atoms with Crippen molar-refractivity contribution in [2.75, 3.05) is 18.1 Å². The lowest BCUT2D eigenvalue weighted by Crippen LogP contribution is -2.24. The van der Waals surface area contributed by atoms with Gasteiger partial charge in [0.1, 0.15) is 18.2 Å². The summed E-state index contributed by atoms with van der Waals surface area (Å²) in [5.41, 5.74) is 5.31. The zero-order valence-corrected chi connectivity index (χ0v) is 20.4. The minimum Gasteiger partial charge on any atom is -0.491 e. The van der Waals surface area contributed by atoms with Crippen molar-refractivity contribution < 1.29 is 9.53 Å². The number of fused-ring (bicyclic) bond motifs is 1. The van der Waals surface area contributed by atoms with Crippen molar-refractivity contribution in [3.05, 3.63) is 88.2 Å². The molecule has 0 saturated carbocycles. The Bertz CT molecular complexity index is 1310. The van der Waals surface area contributed by atoms with Crippen molar-refractivity contribution >= 4 is 38.6 Å². The third-order valence-corrected chi connectivity index (χ3v) is 6.74. The van der Waals surface area contributed by atoms with Crippen LogP contribution in [0.1, 0.15) is 29.3 Å². The fraction of sp³-hybridized carbons (Fsp3) is 0.259. The van der Waals surface area contributed by atoms with Gasteiger partial charge in [-0.2, -0.15) is 0 Å². The van der Waals surface area contributed by atoms with E-state index in [1.54, 1.807) is 0 Å². The number of carbonyl (C=O) groups excluding carboxylic acids is 1. The monoisotopic (exact) mass is 503 g/mol. The van der Waals surface area contributed by atoms with Gasteiger partial charge in [0.25, 0.3) is 0 Å². The third-order valence-electron chi connectivity index (χ3n) is 6.22. The van der Waals surface area contributed by atoms with Crippen LogP contribution in [0.15, 0.2) is 71.2 Å². The highest BCUT2D eigenvalue weighted by molar-refractivity contribution is 9.10. The van der Waals surface area contributed by atoms with E-state index < -0.39 is 0 Å². The van der Waals surface area contributed by atoms with Gasteiger partial charge in [-0.15, -0.1) is 0 Å². The highest BCUT2D eigenvalue weighted by atomic mass is 79.9. The first-order valence-corrected chi connectivity index (χ1v) is 12.0. The first-order valence-electron chi connectivity index (χ1n) is 11.2. The molecule has 5 nitrogen and oxygen atoms in total. The fourth-order valence-corrected chi connectivity index (χ4v) is 4.86. The van der Waals surface area contributed by atoms with Crippen molar-refractivity contribution in [1.29, 1.82) is 0 Å². The molecule has 3 aromatic carbocycles. The van der Waals surface area contributed by atoms with E-state index in [-0.39, 0.29) is 11.8 Å². The average molecular weight is 504 g/mol. The minimum absolute atomic E-state index is 0.0367. The topological polar surface area (TPSA) is 47.4 Å². The van der Waals surface area contributed by atoms with Crippen LogP contribution in [0.2, 0.25) is 0 Å². The van der Waals surface area contributed by atoms with Crippen LogP contribution in [0, 0.1) is 13.8 Å². The third kappa shape index (κ3) is 4.40. The van der Waals surface area contributed by atoms with Gasteiger partial charge in [0.2, 0.25) is 5.91 Å². The number of hydrogen-bond acceptors (Lipinski definition) is 3. The van der Waals surface area contributed by atoms with Gasteiger partial charge in [0.05, 0.1) is 17.6 Å². The van der Waals surface area contributed by atoms with E-state index in [1.165, 1.54) is 5.56 Å². The molecule has 1 aliphatic rings. The van der Waals surface area contributed by atoms with Crippen molar-refractivity contribution in [3.8, 4) is 5.75 Å². The largest absolute Gasteiger partial charge is 0.491 e. The Labute approximate surface area is 202 Å². The molecule has 1 aliphatic heterocycles. The molecule has 0 radical (unpaired) electrons. The van der Waals surface area contributed by atoms with E-state index >= 15 is 0 Å². The highest BCUT2D eigenvalue weighted by Crippen LogP contribution is 2.33. The van der Waals surface area contributed by atoms with Crippen LogP contribution in [0.25, 0.3) is 11.0 Å². The molecule has 1 unspecified atom stereocenters. The second-order valence-electron chi connectivity index (χ2n) is 8.61. The quantitative estimate of drug-likeness (QED) is 0.323. The summed E-state index contributed by atoms with van der Waals surface area (Å²) in [6.07, 6.45) is 0.456. The number of rotatable bonds is 6. The van der Waals surface area contributed by atoms with Gasteiger partial charge in [-0.25, -0.2) is 4.98 Å². The molecule has 0 spiro atoms. The maximum Gasteiger partial charge on any atom is 0.227 e. The molecule has 1 aromatic heterocycles. The highest BCUT2D eigenvalue weighted by Gasteiger charge is 2.34. The molecule has 5 rings (SSSR count). The number of aromatic nitrogens is 2. The summed E-state index contributed by atoms with van der Waals surface area (Å²) in [7, 11) is 0. The Kier molecular flexibility index (Phi) is 5.94. The molecule has 33 heavy (non-hydrogen) atoms. The Morgan fingerprint density at radius 1 is 1.06 bits per heavy atom. The van der Waals surface area contributed by atoms with Crippen molar-refractivity contribution in [2.24, 2.45) is 0 Å². The second kappa shape index (κ2) is 9.02. The molecule has 0 aliphatic carbocycles. The minimum atomic E-state index is 0.0367. The van der Waals surface area contributed by atoms with Gasteiger partial charge in [-0.05, 0) is 61.9 Å². The summed E-state index contributed by atoms with van der Waals surface area (Å²) in [6, 6.07) is 22.3. The fourth-order valence-electron chi connectivity index (χ4n) is 4.60. The first-order chi connectivity index (χ1) is 16.0. The van der Waals surface area contributed by atoms with Gasteiger partial charge in [0.15, 0.2) is 0 Å². The predicted molar refractivity (Wildman–Crippen MR) is 135 cm³/mol. The van der Waals surface area contributed by atoms with Crippen LogP contribution in [-0.2, 0) is 11.3 Å². The number of hydrogen-bond donors (Lipinski definition) is 0. The van der Waals surface area contributed by atoms with E-state index in [0.29, 0.717) is 26.1 Å². The molecule has 1 atom stereocenters. The van der Waals surface area contributed by atoms with Crippen molar-refractivity contribution in [3.63, 3.8) is 0 Å². The Hall–Kier alpha value is -3.12. The molecule has 1 amide bonds. The molecular formula is C27H26BrN3O2. The van der Waals surface area contributed by atoms with Crippen molar-refractivity contribution in [2.45, 2.75) is 32.7 Å². The zero-order chi connectivity index (χ0) is 22.9. The number of ether oxygens (including phenoxy) is 1. The molecular weight excluding hydrogens is 478 g/mol. The number of benzene rings is 3. The molecule has 168 valence electrons. The molecule has 4 aromatic rings. The lowest BCUT2D eigenvalue weighted by atomic mass is 10.1. The summed E-state index contributed by atoms with van der Waals surface area (Å²) in [6.45, 7) is 5.99. The Balaban J connectivity index is 1.40. The standard InChI is InChI=1S/C27H26BrN3O2/c1-18-7-12-25(19(2)15-18)33-14-13-30-24-6-4-3-5-23(24)29-27(30)20-16-26(32)31(17-20)22-10-8-21(28)9-11-22/h3-12,15,20H,13-14,16-17H2,1-2H3. The number of carbonyl (C=O) groups is 1. The number of anilines is 1. The average Bonchev–Trinajstić information content (AvgIpc) is 3.36. The Morgan fingerprint density at radius 2 is 1.85 bits per heavy atom. The summed E-state index contributed by atoms with van der Waals surface area (Å²) < 4.78 is 9.35. The smallest absolute Gasteiger partial charge is 0.227 e. The van der Waals surface area contributed by atoms with Crippen LogP contribution in [0.3, 0.4) is 0 Å². The van der Waals surface area contributed by atoms with E-state index in [4.69, 9.17) is 9.72 Å². The lowest BCUT2D eigenvalue weighted by Gasteiger charge is -2.18. The van der Waals surface area contributed by atoms with Gasteiger partial charge in [-0.1, -0.05) is 45.8 Å². The number of amides is 1. The molecule has 0 bridgehead atoms. The molecule has 1 saturated heterocycles. The Morgan fingerprint density at radius 3 is 2.64 bits per heavy atom. The summed E-state index contributed by atoms with van der Waals surface area (Å²) in [4.78, 5) is 19.7. The van der Waals surface area contributed by atoms with Crippen molar-refractivity contribution in [1.82, 2.24) is 9.55 Å². The second-order valence-corrected chi connectivity index (χ2v) is 9.53. The number of aryl methyl sites for hydroxylation is 2.